The van der Waals surface area contributed by atoms with E-state index in [9.17, 15) is 5.11 Å². The van der Waals surface area contributed by atoms with E-state index in [0.717, 1.165) is 40.8 Å². The van der Waals surface area contributed by atoms with Gasteiger partial charge in [-0.25, -0.2) is 0 Å². The number of pyridine rings is 1. The Morgan fingerprint density at radius 1 is 1.26 bits per heavy atom. The summed E-state index contributed by atoms with van der Waals surface area (Å²) in [5.41, 5.74) is 6.19. The summed E-state index contributed by atoms with van der Waals surface area (Å²) in [6.45, 7) is 5.87. The van der Waals surface area contributed by atoms with Crippen LogP contribution in [0.15, 0.2) is 60.4 Å². The largest absolute Gasteiger partial charge is 0.388 e. The molecule has 0 saturated carbocycles. The number of hydrogen-bond acceptors (Lipinski definition) is 3. The summed E-state index contributed by atoms with van der Waals surface area (Å²) < 4.78 is 0. The number of allylic oxidation sites excluding steroid dienone is 2. The van der Waals surface area contributed by atoms with Crippen molar-refractivity contribution in [2.24, 2.45) is 4.99 Å². The zero-order valence-electron chi connectivity index (χ0n) is 13.2. The summed E-state index contributed by atoms with van der Waals surface area (Å²) in [5, 5.41) is 9.98. The molecule has 1 N–H and O–H groups in total. The number of aromatic nitrogens is 1. The molecule has 0 saturated heterocycles. The summed E-state index contributed by atoms with van der Waals surface area (Å²) in [4.78, 5) is 8.66. The number of aliphatic hydroxyl groups excluding tert-OH is 1. The number of aliphatic imine (C=N–C) groups is 1. The van der Waals surface area contributed by atoms with Gasteiger partial charge < -0.3 is 5.11 Å². The molecule has 0 bridgehead atoms. The van der Waals surface area contributed by atoms with E-state index in [2.05, 4.69) is 22.6 Å². The van der Waals surface area contributed by atoms with E-state index in [1.807, 2.05) is 37.3 Å². The monoisotopic (exact) mass is 304 g/mol. The Balaban J connectivity index is 2.15. The molecule has 0 radical (unpaired) electrons. The van der Waals surface area contributed by atoms with Crippen LogP contribution >= 0.6 is 0 Å². The average Bonchev–Trinajstić information content (AvgIpc) is 2.96. The number of fused-ring (bicyclic) bond motifs is 1. The van der Waals surface area contributed by atoms with Gasteiger partial charge in [0.1, 0.15) is 0 Å². The van der Waals surface area contributed by atoms with Crippen LogP contribution in [0.4, 0.5) is 0 Å². The third kappa shape index (κ3) is 3.01. The minimum Gasteiger partial charge on any atom is -0.388 e. The van der Waals surface area contributed by atoms with Crippen molar-refractivity contribution < 1.29 is 5.11 Å². The van der Waals surface area contributed by atoms with Crippen LogP contribution < -0.4 is 0 Å². The summed E-state index contributed by atoms with van der Waals surface area (Å²) in [7, 11) is 0. The average molecular weight is 304 g/mol. The van der Waals surface area contributed by atoms with Gasteiger partial charge in [0, 0.05) is 29.7 Å². The molecule has 0 spiro atoms. The molecule has 1 aliphatic rings. The van der Waals surface area contributed by atoms with E-state index in [-0.39, 0.29) is 6.10 Å². The topological polar surface area (TPSA) is 45.5 Å². The second-order valence-electron chi connectivity index (χ2n) is 5.56. The van der Waals surface area contributed by atoms with Crippen molar-refractivity contribution in [3.63, 3.8) is 0 Å². The third-order valence-corrected chi connectivity index (χ3v) is 4.17. The molecule has 0 fully saturated rings. The fraction of sp³-hybridized carbons (Fsp3) is 0.200. The molecule has 0 aliphatic heterocycles. The van der Waals surface area contributed by atoms with Crippen LogP contribution in [0.3, 0.4) is 0 Å². The number of aliphatic hydroxyl groups is 1. The summed E-state index contributed by atoms with van der Waals surface area (Å²) in [6, 6.07) is 10.1. The molecule has 116 valence electrons. The first kappa shape index (κ1) is 15.4. The van der Waals surface area contributed by atoms with Gasteiger partial charge in [-0.1, -0.05) is 24.8 Å². The molecule has 1 heterocycles. The number of nitrogens with zero attached hydrogens (tertiary/aromatic N) is 2. The van der Waals surface area contributed by atoms with E-state index in [4.69, 9.17) is 0 Å². The molecule has 3 heteroatoms. The Hall–Kier alpha value is -2.52. The third-order valence-electron chi connectivity index (χ3n) is 4.17. The number of hydrogen-bond donors (Lipinski definition) is 1. The van der Waals surface area contributed by atoms with Gasteiger partial charge >= 0.3 is 0 Å². The Bertz CT molecular complexity index is 775. The van der Waals surface area contributed by atoms with Gasteiger partial charge in [0.25, 0.3) is 0 Å². The molecule has 1 aromatic carbocycles. The standard InChI is InChI=1S/C20H20N2O/c1-3-17(14-9-11-21-12-10-14)20(22-4-2)16-5-7-18-15(13-16)6-8-19(18)23/h3-5,7,9-13,19,23H,1,6,8H2,2H3/b20-17+,22-4-. The minimum atomic E-state index is -0.333. The molecule has 3 rings (SSSR count). The van der Waals surface area contributed by atoms with E-state index in [1.165, 1.54) is 5.56 Å². The van der Waals surface area contributed by atoms with E-state index < -0.39 is 0 Å². The van der Waals surface area contributed by atoms with Gasteiger partial charge in [-0.05, 0) is 54.7 Å². The predicted octanol–water partition coefficient (Wildman–Crippen LogP) is 4.21. The van der Waals surface area contributed by atoms with Crippen molar-refractivity contribution in [2.45, 2.75) is 25.9 Å². The Kier molecular flexibility index (Phi) is 4.49. The Labute approximate surface area is 136 Å². The highest BCUT2D eigenvalue weighted by atomic mass is 16.3. The summed E-state index contributed by atoms with van der Waals surface area (Å²) in [5.74, 6) is 0. The van der Waals surface area contributed by atoms with Crippen LogP contribution in [0.1, 0.15) is 41.7 Å². The molecule has 0 amide bonds. The lowest BCUT2D eigenvalue weighted by Crippen LogP contribution is -1.94. The van der Waals surface area contributed by atoms with Gasteiger partial charge in [-0.3, -0.25) is 9.98 Å². The van der Waals surface area contributed by atoms with Gasteiger partial charge in [0.2, 0.25) is 0 Å². The molecule has 2 aromatic rings. The first-order valence-electron chi connectivity index (χ1n) is 7.81. The molecule has 1 atom stereocenters. The second kappa shape index (κ2) is 6.71. The maximum Gasteiger partial charge on any atom is 0.0795 e. The maximum absolute atomic E-state index is 9.98. The normalized spacial score (nSPS) is 17.9. The van der Waals surface area contributed by atoms with Gasteiger partial charge in [0.15, 0.2) is 0 Å². The van der Waals surface area contributed by atoms with E-state index >= 15 is 0 Å². The SMILES string of the molecule is C=C/C(=C(\N=C/C)c1ccc2c(c1)CCC2O)c1ccncc1. The number of benzene rings is 1. The van der Waals surface area contributed by atoms with Crippen molar-refractivity contribution in [3.8, 4) is 0 Å². The molecule has 1 aliphatic carbocycles. The van der Waals surface area contributed by atoms with E-state index in [0.29, 0.717) is 0 Å². The highest BCUT2D eigenvalue weighted by Gasteiger charge is 2.21. The lowest BCUT2D eigenvalue weighted by atomic mass is 9.97. The quantitative estimate of drug-likeness (QED) is 0.679. The fourth-order valence-electron chi connectivity index (χ4n) is 3.05. The minimum absolute atomic E-state index is 0.333. The fourth-order valence-corrected chi connectivity index (χ4v) is 3.05. The highest BCUT2D eigenvalue weighted by molar-refractivity contribution is 5.96. The first-order chi connectivity index (χ1) is 11.2. The van der Waals surface area contributed by atoms with Gasteiger partial charge in [-0.2, -0.15) is 0 Å². The molecular formula is C20H20N2O. The second-order valence-corrected chi connectivity index (χ2v) is 5.56. The number of aryl methyl sites for hydroxylation is 1. The Morgan fingerprint density at radius 2 is 2.04 bits per heavy atom. The molecule has 1 unspecified atom stereocenters. The predicted molar refractivity (Wildman–Crippen MR) is 95.1 cm³/mol. The molecule has 23 heavy (non-hydrogen) atoms. The van der Waals surface area contributed by atoms with E-state index in [1.54, 1.807) is 18.6 Å². The van der Waals surface area contributed by atoms with Crippen molar-refractivity contribution in [3.05, 3.63) is 77.6 Å². The van der Waals surface area contributed by atoms with Crippen molar-refractivity contribution in [1.29, 1.82) is 0 Å². The molecular weight excluding hydrogens is 284 g/mol. The lowest BCUT2D eigenvalue weighted by Gasteiger charge is -2.11. The van der Waals surface area contributed by atoms with Gasteiger partial charge in [0.05, 0.1) is 11.8 Å². The highest BCUT2D eigenvalue weighted by Crippen LogP contribution is 2.35. The van der Waals surface area contributed by atoms with Crippen molar-refractivity contribution >= 4 is 17.5 Å². The van der Waals surface area contributed by atoms with Crippen LogP contribution in [-0.4, -0.2) is 16.3 Å². The van der Waals surface area contributed by atoms with Crippen LogP contribution in [0.25, 0.3) is 11.3 Å². The molecule has 1 aromatic heterocycles. The van der Waals surface area contributed by atoms with Crippen LogP contribution in [0.5, 0.6) is 0 Å². The molecule has 3 nitrogen and oxygen atoms in total. The lowest BCUT2D eigenvalue weighted by molar-refractivity contribution is 0.180. The zero-order valence-corrected chi connectivity index (χ0v) is 13.2. The van der Waals surface area contributed by atoms with Crippen LogP contribution in [0, 0.1) is 0 Å². The first-order valence-corrected chi connectivity index (χ1v) is 7.81. The summed E-state index contributed by atoms with van der Waals surface area (Å²) in [6.07, 6.45) is 8.54. The Morgan fingerprint density at radius 3 is 2.74 bits per heavy atom. The maximum atomic E-state index is 9.98. The van der Waals surface area contributed by atoms with Crippen LogP contribution in [-0.2, 0) is 6.42 Å². The number of rotatable bonds is 4. The zero-order chi connectivity index (χ0) is 16.2. The summed E-state index contributed by atoms with van der Waals surface area (Å²) >= 11 is 0. The van der Waals surface area contributed by atoms with Crippen LogP contribution in [0.2, 0.25) is 0 Å². The van der Waals surface area contributed by atoms with Gasteiger partial charge in [-0.15, -0.1) is 0 Å². The smallest absolute Gasteiger partial charge is 0.0795 e. The van der Waals surface area contributed by atoms with Crippen molar-refractivity contribution in [1.82, 2.24) is 4.98 Å². The van der Waals surface area contributed by atoms with Crippen molar-refractivity contribution in [2.75, 3.05) is 0 Å².